The van der Waals surface area contributed by atoms with Crippen molar-refractivity contribution in [2.75, 3.05) is 7.05 Å². The lowest BCUT2D eigenvalue weighted by molar-refractivity contribution is 0.112. The molecular formula is C10H10N2O3S. The second-order valence-corrected chi connectivity index (χ2v) is 5.41. The summed E-state index contributed by atoms with van der Waals surface area (Å²) in [5.41, 5.74) is 0.732. The van der Waals surface area contributed by atoms with Gasteiger partial charge in [-0.1, -0.05) is 6.07 Å². The number of aliphatic imine (C=N–C) groups is 1. The highest BCUT2D eigenvalue weighted by atomic mass is 32.2. The molecule has 2 rings (SSSR count). The Morgan fingerprint density at radius 2 is 2.06 bits per heavy atom. The molecule has 0 bridgehead atoms. The van der Waals surface area contributed by atoms with Crippen LogP contribution in [0.1, 0.15) is 17.3 Å². The Hall–Kier alpha value is -1.69. The van der Waals surface area contributed by atoms with Gasteiger partial charge in [-0.2, -0.15) is 0 Å². The molecule has 84 valence electrons. The molecule has 1 aromatic rings. The fourth-order valence-corrected chi connectivity index (χ4v) is 2.77. The molecular weight excluding hydrogens is 228 g/mol. The number of benzene rings is 1. The molecule has 1 heterocycles. The van der Waals surface area contributed by atoms with Gasteiger partial charge in [-0.25, -0.2) is 13.4 Å². The molecule has 1 aromatic carbocycles. The Morgan fingerprint density at radius 3 is 2.69 bits per heavy atom. The highest BCUT2D eigenvalue weighted by molar-refractivity contribution is 7.89. The number of carbonyl (C=O) groups is 1. The number of carbonyl (C=O) groups excluding carboxylic acids is 1. The first kappa shape index (κ1) is 10.8. The van der Waals surface area contributed by atoms with E-state index >= 15 is 0 Å². The van der Waals surface area contributed by atoms with Crippen molar-refractivity contribution in [1.29, 1.82) is 0 Å². The largest absolute Gasteiger partial charge is 0.298 e. The standard InChI is InChI=1S/C10H10N2O3S/c1-7-11-9-5-8(6-13)3-4-10(9)16(14,15)12(7)2/h3-6H,1-2H3. The summed E-state index contributed by atoms with van der Waals surface area (Å²) in [6.45, 7) is 1.61. The minimum atomic E-state index is -3.51. The average Bonchev–Trinajstić information content (AvgIpc) is 2.26. The molecule has 0 spiro atoms. The van der Waals surface area contributed by atoms with Crippen LogP contribution in [0.25, 0.3) is 0 Å². The molecule has 1 aliphatic rings. The molecule has 0 aromatic heterocycles. The summed E-state index contributed by atoms with van der Waals surface area (Å²) in [6, 6.07) is 4.34. The van der Waals surface area contributed by atoms with Gasteiger partial charge in [0.25, 0.3) is 10.0 Å². The maximum absolute atomic E-state index is 12.0. The van der Waals surface area contributed by atoms with E-state index in [2.05, 4.69) is 4.99 Å². The van der Waals surface area contributed by atoms with Crippen LogP contribution < -0.4 is 0 Å². The van der Waals surface area contributed by atoms with Gasteiger partial charge >= 0.3 is 0 Å². The minimum absolute atomic E-state index is 0.131. The van der Waals surface area contributed by atoms with E-state index in [1.165, 1.54) is 25.2 Å². The smallest absolute Gasteiger partial charge is 0.267 e. The number of nitrogens with zero attached hydrogens (tertiary/aromatic N) is 2. The molecule has 0 fully saturated rings. The summed E-state index contributed by atoms with van der Waals surface area (Å²) in [6.07, 6.45) is 0.663. The van der Waals surface area contributed by atoms with Gasteiger partial charge in [0.15, 0.2) is 0 Å². The first-order chi connectivity index (χ1) is 7.46. The molecule has 0 atom stereocenters. The summed E-state index contributed by atoms with van der Waals surface area (Å²) in [5.74, 6) is 0.385. The van der Waals surface area contributed by atoms with Crippen molar-refractivity contribution in [3.05, 3.63) is 23.8 Å². The van der Waals surface area contributed by atoms with Crippen molar-refractivity contribution in [2.24, 2.45) is 4.99 Å². The Balaban J connectivity index is 2.76. The van der Waals surface area contributed by atoms with E-state index in [1.807, 2.05) is 0 Å². The minimum Gasteiger partial charge on any atom is -0.298 e. The third-order valence-corrected chi connectivity index (χ3v) is 4.38. The molecule has 0 radical (unpaired) electrons. The van der Waals surface area contributed by atoms with Crippen LogP contribution in [0.2, 0.25) is 0 Å². The molecule has 0 N–H and O–H groups in total. The van der Waals surface area contributed by atoms with E-state index in [4.69, 9.17) is 0 Å². The molecule has 0 aliphatic carbocycles. The average molecular weight is 238 g/mol. The van der Waals surface area contributed by atoms with Gasteiger partial charge in [0.05, 0.1) is 5.69 Å². The second kappa shape index (κ2) is 3.41. The normalized spacial score (nSPS) is 17.6. The first-order valence-electron chi connectivity index (χ1n) is 4.60. The fourth-order valence-electron chi connectivity index (χ4n) is 1.48. The van der Waals surface area contributed by atoms with Crippen LogP contribution >= 0.6 is 0 Å². The maximum Gasteiger partial charge on any atom is 0.267 e. The molecule has 0 amide bonds. The number of hydrogen-bond acceptors (Lipinski definition) is 4. The molecule has 16 heavy (non-hydrogen) atoms. The Morgan fingerprint density at radius 1 is 1.38 bits per heavy atom. The molecule has 0 unspecified atom stereocenters. The number of sulfonamides is 1. The topological polar surface area (TPSA) is 66.8 Å². The van der Waals surface area contributed by atoms with Crippen molar-refractivity contribution in [3.8, 4) is 0 Å². The highest BCUT2D eigenvalue weighted by Crippen LogP contribution is 2.31. The lowest BCUT2D eigenvalue weighted by Gasteiger charge is -2.24. The highest BCUT2D eigenvalue weighted by Gasteiger charge is 2.29. The molecule has 5 nitrogen and oxygen atoms in total. The van der Waals surface area contributed by atoms with E-state index in [0.29, 0.717) is 23.4 Å². The Kier molecular flexibility index (Phi) is 2.31. The fraction of sp³-hybridized carbons (Fsp3) is 0.200. The second-order valence-electron chi connectivity index (χ2n) is 3.48. The predicted molar refractivity (Wildman–Crippen MR) is 59.5 cm³/mol. The number of amidine groups is 1. The predicted octanol–water partition coefficient (Wildman–Crippen LogP) is 1.18. The Labute approximate surface area is 93.5 Å². The van der Waals surface area contributed by atoms with E-state index in [0.717, 1.165) is 4.31 Å². The lowest BCUT2D eigenvalue weighted by Crippen LogP contribution is -2.33. The molecule has 1 aliphatic heterocycles. The van der Waals surface area contributed by atoms with E-state index in [9.17, 15) is 13.2 Å². The van der Waals surface area contributed by atoms with E-state index < -0.39 is 10.0 Å². The maximum atomic E-state index is 12.0. The zero-order chi connectivity index (χ0) is 11.9. The van der Waals surface area contributed by atoms with Gasteiger partial charge in [0.2, 0.25) is 0 Å². The van der Waals surface area contributed by atoms with Crippen molar-refractivity contribution in [1.82, 2.24) is 4.31 Å². The van der Waals surface area contributed by atoms with Crippen molar-refractivity contribution < 1.29 is 13.2 Å². The van der Waals surface area contributed by atoms with Crippen LogP contribution in [-0.4, -0.2) is 31.9 Å². The molecule has 0 saturated carbocycles. The zero-order valence-corrected chi connectivity index (χ0v) is 9.65. The summed E-state index contributed by atoms with van der Waals surface area (Å²) >= 11 is 0. The SMILES string of the molecule is CC1=Nc2cc(C=O)ccc2S(=O)(=O)N1C. The van der Waals surface area contributed by atoms with Gasteiger partial charge in [-0.15, -0.1) is 0 Å². The van der Waals surface area contributed by atoms with Crippen LogP contribution in [0.5, 0.6) is 0 Å². The summed E-state index contributed by atoms with van der Waals surface area (Å²) in [7, 11) is -2.06. The monoisotopic (exact) mass is 238 g/mol. The van der Waals surface area contributed by atoms with Gasteiger partial charge in [0.1, 0.15) is 17.0 Å². The van der Waals surface area contributed by atoms with E-state index in [1.54, 1.807) is 6.92 Å². The third kappa shape index (κ3) is 1.42. The number of hydrogen-bond donors (Lipinski definition) is 0. The van der Waals surface area contributed by atoms with Crippen molar-refractivity contribution in [3.63, 3.8) is 0 Å². The number of fused-ring (bicyclic) bond motifs is 1. The third-order valence-electron chi connectivity index (χ3n) is 2.50. The van der Waals surface area contributed by atoms with Crippen molar-refractivity contribution in [2.45, 2.75) is 11.8 Å². The van der Waals surface area contributed by atoms with Gasteiger partial charge in [0, 0.05) is 12.6 Å². The molecule has 0 saturated heterocycles. The lowest BCUT2D eigenvalue weighted by atomic mass is 10.2. The Bertz CT molecular complexity index is 590. The van der Waals surface area contributed by atoms with Crippen LogP contribution in [0.3, 0.4) is 0 Å². The van der Waals surface area contributed by atoms with E-state index in [-0.39, 0.29) is 4.90 Å². The van der Waals surface area contributed by atoms with Crippen molar-refractivity contribution >= 4 is 27.8 Å². The van der Waals surface area contributed by atoms with Crippen LogP contribution in [0.4, 0.5) is 5.69 Å². The van der Waals surface area contributed by atoms with Gasteiger partial charge in [-0.3, -0.25) is 9.10 Å². The first-order valence-corrected chi connectivity index (χ1v) is 6.04. The quantitative estimate of drug-likeness (QED) is 0.690. The number of rotatable bonds is 1. The zero-order valence-electron chi connectivity index (χ0n) is 8.84. The molecule has 6 heteroatoms. The number of aldehydes is 1. The van der Waals surface area contributed by atoms with Gasteiger partial charge in [-0.05, 0) is 19.1 Å². The van der Waals surface area contributed by atoms with Crippen LogP contribution in [0.15, 0.2) is 28.1 Å². The summed E-state index contributed by atoms with van der Waals surface area (Å²) in [4.78, 5) is 14.9. The van der Waals surface area contributed by atoms with Crippen LogP contribution in [0, 0.1) is 0 Å². The van der Waals surface area contributed by atoms with Gasteiger partial charge < -0.3 is 0 Å². The van der Waals surface area contributed by atoms with Crippen LogP contribution in [-0.2, 0) is 10.0 Å². The summed E-state index contributed by atoms with van der Waals surface area (Å²) in [5, 5.41) is 0. The summed E-state index contributed by atoms with van der Waals surface area (Å²) < 4.78 is 25.1.